The van der Waals surface area contributed by atoms with E-state index in [4.69, 9.17) is 9.84 Å². The van der Waals surface area contributed by atoms with Gasteiger partial charge in [0.2, 0.25) is 0 Å². The summed E-state index contributed by atoms with van der Waals surface area (Å²) in [5, 5.41) is 8.87. The third kappa shape index (κ3) is 2.57. The van der Waals surface area contributed by atoms with Gasteiger partial charge in [-0.05, 0) is 49.9 Å². The smallest absolute Gasteiger partial charge is 0.307 e. The van der Waals surface area contributed by atoms with Crippen LogP contribution in [0.2, 0.25) is 0 Å². The number of rotatable bonds is 4. The summed E-state index contributed by atoms with van der Waals surface area (Å²) < 4.78 is 18.7. The molecule has 3 nitrogen and oxygen atoms in total. The molecule has 4 heteroatoms. The molecular formula is C13H15FO3. The van der Waals surface area contributed by atoms with Gasteiger partial charge in [-0.1, -0.05) is 0 Å². The Morgan fingerprint density at radius 1 is 1.53 bits per heavy atom. The molecule has 1 aromatic rings. The van der Waals surface area contributed by atoms with Crippen molar-refractivity contribution in [2.45, 2.75) is 38.2 Å². The van der Waals surface area contributed by atoms with Crippen molar-refractivity contribution in [2.75, 3.05) is 0 Å². The van der Waals surface area contributed by atoms with Crippen LogP contribution in [-0.4, -0.2) is 16.7 Å². The molecule has 1 fully saturated rings. The van der Waals surface area contributed by atoms with Gasteiger partial charge >= 0.3 is 5.97 Å². The van der Waals surface area contributed by atoms with Gasteiger partial charge in [0.05, 0.1) is 6.42 Å². The average Bonchev–Trinajstić information content (AvgIpc) is 2.18. The number of carboxylic acid groups (broad SMARTS) is 1. The standard InChI is InChI=1S/C13H15FO3/c1-9-7-10(14)3-4-11(9)17-13(5-2-6-13)8-12(15)16/h3-4,7H,2,5-6,8H2,1H3,(H,15,16). The van der Waals surface area contributed by atoms with Crippen LogP contribution in [0.5, 0.6) is 5.75 Å². The van der Waals surface area contributed by atoms with E-state index in [1.165, 1.54) is 12.1 Å². The number of hydrogen-bond donors (Lipinski definition) is 1. The molecule has 17 heavy (non-hydrogen) atoms. The van der Waals surface area contributed by atoms with Crippen molar-refractivity contribution < 1.29 is 19.0 Å². The molecule has 0 saturated heterocycles. The van der Waals surface area contributed by atoms with E-state index in [0.717, 1.165) is 19.3 Å². The SMILES string of the molecule is Cc1cc(F)ccc1OC1(CC(=O)O)CCC1. The molecule has 0 heterocycles. The molecule has 0 bridgehead atoms. The minimum atomic E-state index is -0.857. The summed E-state index contributed by atoms with van der Waals surface area (Å²) in [7, 11) is 0. The van der Waals surface area contributed by atoms with Gasteiger partial charge in [0, 0.05) is 0 Å². The Balaban J connectivity index is 2.15. The zero-order valence-corrected chi connectivity index (χ0v) is 9.70. The summed E-state index contributed by atoms with van der Waals surface area (Å²) in [6, 6.07) is 4.28. The first kappa shape index (κ1) is 11.9. The minimum absolute atomic E-state index is 0.00379. The van der Waals surface area contributed by atoms with Crippen molar-refractivity contribution in [1.29, 1.82) is 0 Å². The first-order valence-corrected chi connectivity index (χ1v) is 5.68. The van der Waals surface area contributed by atoms with Crippen LogP contribution in [0.4, 0.5) is 4.39 Å². The molecule has 0 aromatic heterocycles. The van der Waals surface area contributed by atoms with Gasteiger partial charge in [0.1, 0.15) is 17.2 Å². The number of aliphatic carboxylic acids is 1. The van der Waals surface area contributed by atoms with E-state index in [9.17, 15) is 9.18 Å². The van der Waals surface area contributed by atoms with Crippen molar-refractivity contribution >= 4 is 5.97 Å². The Hall–Kier alpha value is -1.58. The van der Waals surface area contributed by atoms with Crippen LogP contribution in [0.25, 0.3) is 0 Å². The molecule has 1 aromatic carbocycles. The van der Waals surface area contributed by atoms with Crippen LogP contribution in [0.1, 0.15) is 31.2 Å². The highest BCUT2D eigenvalue weighted by atomic mass is 19.1. The lowest BCUT2D eigenvalue weighted by atomic mass is 9.77. The predicted molar refractivity (Wildman–Crippen MR) is 60.6 cm³/mol. The molecule has 1 aliphatic rings. The van der Waals surface area contributed by atoms with E-state index in [1.54, 1.807) is 13.0 Å². The molecule has 1 N–H and O–H groups in total. The molecule has 1 saturated carbocycles. The molecule has 0 atom stereocenters. The number of hydrogen-bond acceptors (Lipinski definition) is 2. The van der Waals surface area contributed by atoms with Crippen molar-refractivity contribution in [3.8, 4) is 5.75 Å². The Morgan fingerprint density at radius 3 is 2.71 bits per heavy atom. The molecule has 2 rings (SSSR count). The van der Waals surface area contributed by atoms with Gasteiger partial charge in [-0.25, -0.2) is 4.39 Å². The number of ether oxygens (including phenoxy) is 1. The second kappa shape index (κ2) is 4.35. The second-order valence-electron chi connectivity index (χ2n) is 4.62. The maximum absolute atomic E-state index is 12.9. The monoisotopic (exact) mass is 238 g/mol. The highest BCUT2D eigenvalue weighted by Crippen LogP contribution is 2.40. The van der Waals surface area contributed by atoms with E-state index in [1.807, 2.05) is 0 Å². The Bertz CT molecular complexity index is 438. The first-order chi connectivity index (χ1) is 8.01. The summed E-state index contributed by atoms with van der Waals surface area (Å²) in [6.45, 7) is 1.76. The second-order valence-corrected chi connectivity index (χ2v) is 4.62. The zero-order chi connectivity index (χ0) is 12.5. The molecule has 1 aliphatic carbocycles. The number of halogens is 1. The highest BCUT2D eigenvalue weighted by molar-refractivity contribution is 5.68. The van der Waals surface area contributed by atoms with Gasteiger partial charge < -0.3 is 9.84 Å². The van der Waals surface area contributed by atoms with Gasteiger partial charge in [0.25, 0.3) is 0 Å². The maximum Gasteiger partial charge on any atom is 0.307 e. The van der Waals surface area contributed by atoms with E-state index < -0.39 is 11.6 Å². The Labute approximate surface area is 99.2 Å². The number of carbonyl (C=O) groups is 1. The highest BCUT2D eigenvalue weighted by Gasteiger charge is 2.41. The predicted octanol–water partition coefficient (Wildman–Crippen LogP) is 2.91. The van der Waals surface area contributed by atoms with Crippen LogP contribution in [0.3, 0.4) is 0 Å². The fourth-order valence-electron chi connectivity index (χ4n) is 2.12. The largest absolute Gasteiger partial charge is 0.486 e. The third-order valence-electron chi connectivity index (χ3n) is 3.20. The fourth-order valence-corrected chi connectivity index (χ4v) is 2.12. The van der Waals surface area contributed by atoms with Crippen LogP contribution in [0, 0.1) is 12.7 Å². The molecular weight excluding hydrogens is 223 g/mol. The van der Waals surface area contributed by atoms with E-state index in [-0.39, 0.29) is 12.2 Å². The maximum atomic E-state index is 12.9. The molecule has 0 radical (unpaired) electrons. The molecule has 0 spiro atoms. The average molecular weight is 238 g/mol. The van der Waals surface area contributed by atoms with Crippen molar-refractivity contribution in [2.24, 2.45) is 0 Å². The Kier molecular flexibility index (Phi) is 3.05. The number of aryl methyl sites for hydroxylation is 1. The van der Waals surface area contributed by atoms with E-state index in [0.29, 0.717) is 11.3 Å². The summed E-state index contributed by atoms with van der Waals surface area (Å²) in [4.78, 5) is 10.8. The summed E-state index contributed by atoms with van der Waals surface area (Å²) >= 11 is 0. The minimum Gasteiger partial charge on any atom is -0.486 e. The molecule has 0 unspecified atom stereocenters. The quantitative estimate of drug-likeness (QED) is 0.877. The third-order valence-corrected chi connectivity index (χ3v) is 3.20. The number of carboxylic acids is 1. The lowest BCUT2D eigenvalue weighted by Crippen LogP contribution is -2.45. The summed E-state index contributed by atoms with van der Waals surface area (Å²) in [5.41, 5.74) is 0.107. The molecule has 0 aliphatic heterocycles. The van der Waals surface area contributed by atoms with Gasteiger partial charge in [-0.3, -0.25) is 4.79 Å². The van der Waals surface area contributed by atoms with E-state index in [2.05, 4.69) is 0 Å². The topological polar surface area (TPSA) is 46.5 Å². The van der Waals surface area contributed by atoms with Gasteiger partial charge in [-0.15, -0.1) is 0 Å². The summed E-state index contributed by atoms with van der Waals surface area (Å²) in [5.74, 6) is -0.590. The lowest BCUT2D eigenvalue weighted by Gasteiger charge is -2.41. The van der Waals surface area contributed by atoms with Gasteiger partial charge in [-0.2, -0.15) is 0 Å². The molecule has 0 amide bonds. The van der Waals surface area contributed by atoms with Gasteiger partial charge in [0.15, 0.2) is 0 Å². The summed E-state index contributed by atoms with van der Waals surface area (Å²) in [6.07, 6.45) is 2.48. The lowest BCUT2D eigenvalue weighted by molar-refractivity contribution is -0.144. The van der Waals surface area contributed by atoms with Crippen LogP contribution >= 0.6 is 0 Å². The van der Waals surface area contributed by atoms with Crippen LogP contribution in [0.15, 0.2) is 18.2 Å². The zero-order valence-electron chi connectivity index (χ0n) is 9.70. The van der Waals surface area contributed by atoms with E-state index >= 15 is 0 Å². The van der Waals surface area contributed by atoms with Crippen molar-refractivity contribution in [3.63, 3.8) is 0 Å². The van der Waals surface area contributed by atoms with Crippen molar-refractivity contribution in [3.05, 3.63) is 29.6 Å². The Morgan fingerprint density at radius 2 is 2.24 bits per heavy atom. The number of benzene rings is 1. The molecule has 92 valence electrons. The fraction of sp³-hybridized carbons (Fsp3) is 0.462. The van der Waals surface area contributed by atoms with Crippen LogP contribution < -0.4 is 4.74 Å². The normalized spacial score (nSPS) is 17.3. The first-order valence-electron chi connectivity index (χ1n) is 5.68. The van der Waals surface area contributed by atoms with Crippen LogP contribution in [-0.2, 0) is 4.79 Å². The van der Waals surface area contributed by atoms with Crippen molar-refractivity contribution in [1.82, 2.24) is 0 Å².